The third-order valence-corrected chi connectivity index (χ3v) is 4.33. The average Bonchev–Trinajstić information content (AvgIpc) is 2.58. The van der Waals surface area contributed by atoms with Crippen molar-refractivity contribution in [2.75, 3.05) is 27.2 Å². The number of methoxy groups -OCH3 is 1. The Morgan fingerprint density at radius 3 is 2.36 bits per heavy atom. The molecule has 2 aromatic carbocycles. The number of ether oxygens (including phenoxy) is 2. The van der Waals surface area contributed by atoms with Crippen LogP contribution in [0.5, 0.6) is 11.5 Å². The molecule has 3 rings (SSSR count). The van der Waals surface area contributed by atoms with E-state index in [0.717, 1.165) is 31.0 Å². The molecule has 0 spiro atoms. The molecular weight excluding hydrogens is 274 g/mol. The van der Waals surface area contributed by atoms with E-state index in [1.54, 1.807) is 7.11 Å². The summed E-state index contributed by atoms with van der Waals surface area (Å²) in [4.78, 5) is 2.37. The standard InChI is InChI=1S/C19H23NO2/c1-20-13-12-17(16(14-20)15-8-4-3-5-9-15)22-19-11-7-6-10-18(19)21-2/h3-11,16-17H,12-14H2,1-2H3. The van der Waals surface area contributed by atoms with Crippen molar-refractivity contribution in [3.05, 3.63) is 60.2 Å². The van der Waals surface area contributed by atoms with E-state index in [-0.39, 0.29) is 6.10 Å². The Morgan fingerprint density at radius 1 is 0.955 bits per heavy atom. The predicted molar refractivity (Wildman–Crippen MR) is 88.7 cm³/mol. The van der Waals surface area contributed by atoms with Gasteiger partial charge >= 0.3 is 0 Å². The molecule has 0 aromatic heterocycles. The lowest BCUT2D eigenvalue weighted by atomic mass is 9.88. The lowest BCUT2D eigenvalue weighted by Gasteiger charge is -2.37. The Kier molecular flexibility index (Phi) is 4.64. The maximum absolute atomic E-state index is 6.34. The molecule has 0 N–H and O–H groups in total. The summed E-state index contributed by atoms with van der Waals surface area (Å²) in [6, 6.07) is 18.5. The zero-order chi connectivity index (χ0) is 15.4. The second kappa shape index (κ2) is 6.84. The van der Waals surface area contributed by atoms with Gasteiger partial charge in [0.05, 0.1) is 7.11 Å². The molecule has 1 aliphatic heterocycles. The van der Waals surface area contributed by atoms with Gasteiger partial charge in [-0.25, -0.2) is 0 Å². The maximum atomic E-state index is 6.34. The minimum absolute atomic E-state index is 0.176. The average molecular weight is 297 g/mol. The van der Waals surface area contributed by atoms with Crippen LogP contribution in [0, 0.1) is 0 Å². The van der Waals surface area contributed by atoms with E-state index in [4.69, 9.17) is 9.47 Å². The van der Waals surface area contributed by atoms with E-state index in [0.29, 0.717) is 5.92 Å². The van der Waals surface area contributed by atoms with Crippen LogP contribution in [0.4, 0.5) is 0 Å². The van der Waals surface area contributed by atoms with E-state index in [1.165, 1.54) is 5.56 Å². The molecule has 22 heavy (non-hydrogen) atoms. The van der Waals surface area contributed by atoms with Gasteiger partial charge in [-0.05, 0) is 31.2 Å². The molecule has 1 fully saturated rings. The number of rotatable bonds is 4. The fourth-order valence-electron chi connectivity index (χ4n) is 3.13. The molecule has 3 heteroatoms. The van der Waals surface area contributed by atoms with Gasteiger partial charge in [0.1, 0.15) is 6.10 Å². The van der Waals surface area contributed by atoms with E-state index in [2.05, 4.69) is 42.3 Å². The van der Waals surface area contributed by atoms with Crippen molar-refractivity contribution in [2.24, 2.45) is 0 Å². The predicted octanol–water partition coefficient (Wildman–Crippen LogP) is 3.56. The lowest BCUT2D eigenvalue weighted by Crippen LogP contribution is -2.42. The van der Waals surface area contributed by atoms with Crippen LogP contribution in [-0.2, 0) is 0 Å². The first-order valence-corrected chi connectivity index (χ1v) is 7.81. The Morgan fingerprint density at radius 2 is 1.64 bits per heavy atom. The number of hydrogen-bond acceptors (Lipinski definition) is 3. The lowest BCUT2D eigenvalue weighted by molar-refractivity contribution is 0.0876. The highest BCUT2D eigenvalue weighted by atomic mass is 16.5. The molecule has 0 radical (unpaired) electrons. The molecule has 0 bridgehead atoms. The van der Waals surface area contributed by atoms with Crippen molar-refractivity contribution in [1.29, 1.82) is 0 Å². The zero-order valence-electron chi connectivity index (χ0n) is 13.2. The van der Waals surface area contributed by atoms with Gasteiger partial charge in [0, 0.05) is 19.0 Å². The van der Waals surface area contributed by atoms with Crippen LogP contribution in [0.25, 0.3) is 0 Å². The number of para-hydroxylation sites is 2. The van der Waals surface area contributed by atoms with Crippen LogP contribution in [0.2, 0.25) is 0 Å². The quantitative estimate of drug-likeness (QED) is 0.861. The Labute approximate surface area is 132 Å². The highest BCUT2D eigenvalue weighted by Gasteiger charge is 2.31. The Hall–Kier alpha value is -2.00. The molecule has 0 saturated carbocycles. The first-order valence-electron chi connectivity index (χ1n) is 7.81. The van der Waals surface area contributed by atoms with Crippen molar-refractivity contribution in [1.82, 2.24) is 4.90 Å². The second-order valence-corrected chi connectivity index (χ2v) is 5.88. The minimum Gasteiger partial charge on any atom is -0.493 e. The molecule has 3 nitrogen and oxygen atoms in total. The monoisotopic (exact) mass is 297 g/mol. The van der Waals surface area contributed by atoms with Gasteiger partial charge in [0.25, 0.3) is 0 Å². The maximum Gasteiger partial charge on any atom is 0.161 e. The first-order chi connectivity index (χ1) is 10.8. The molecule has 1 aliphatic rings. The highest BCUT2D eigenvalue weighted by Crippen LogP contribution is 2.34. The number of nitrogens with zero attached hydrogens (tertiary/aromatic N) is 1. The number of benzene rings is 2. The van der Waals surface area contributed by atoms with Crippen LogP contribution in [0.3, 0.4) is 0 Å². The summed E-state index contributed by atoms with van der Waals surface area (Å²) in [5.74, 6) is 2.01. The molecule has 1 saturated heterocycles. The van der Waals surface area contributed by atoms with Gasteiger partial charge in [-0.15, -0.1) is 0 Å². The van der Waals surface area contributed by atoms with Crippen molar-refractivity contribution in [2.45, 2.75) is 18.4 Å². The summed E-state index contributed by atoms with van der Waals surface area (Å²) >= 11 is 0. The summed E-state index contributed by atoms with van der Waals surface area (Å²) < 4.78 is 11.8. The number of hydrogen-bond donors (Lipinski definition) is 0. The van der Waals surface area contributed by atoms with Crippen molar-refractivity contribution in [3.8, 4) is 11.5 Å². The summed E-state index contributed by atoms with van der Waals surface area (Å²) in [5.41, 5.74) is 1.34. The van der Waals surface area contributed by atoms with Crippen molar-refractivity contribution in [3.63, 3.8) is 0 Å². The first kappa shape index (κ1) is 14.9. The van der Waals surface area contributed by atoms with Gasteiger partial charge in [-0.1, -0.05) is 42.5 Å². The molecule has 1 heterocycles. The second-order valence-electron chi connectivity index (χ2n) is 5.88. The fourth-order valence-corrected chi connectivity index (χ4v) is 3.13. The molecule has 2 atom stereocenters. The molecular formula is C19H23NO2. The topological polar surface area (TPSA) is 21.7 Å². The summed E-state index contributed by atoms with van der Waals surface area (Å²) in [6.07, 6.45) is 1.20. The van der Waals surface area contributed by atoms with Crippen LogP contribution >= 0.6 is 0 Å². The van der Waals surface area contributed by atoms with Gasteiger partial charge < -0.3 is 14.4 Å². The van der Waals surface area contributed by atoms with Crippen LogP contribution in [-0.4, -0.2) is 38.3 Å². The molecule has 0 aliphatic carbocycles. The summed E-state index contributed by atoms with van der Waals surface area (Å²) in [7, 11) is 3.86. The minimum atomic E-state index is 0.176. The van der Waals surface area contributed by atoms with Crippen molar-refractivity contribution < 1.29 is 9.47 Å². The molecule has 2 aromatic rings. The fraction of sp³-hybridized carbons (Fsp3) is 0.368. The highest BCUT2D eigenvalue weighted by molar-refractivity contribution is 5.39. The van der Waals surface area contributed by atoms with E-state index < -0.39 is 0 Å². The number of likely N-dealkylation sites (tertiary alicyclic amines) is 1. The number of likely N-dealkylation sites (N-methyl/N-ethyl adjacent to an activating group) is 1. The van der Waals surface area contributed by atoms with Crippen LogP contribution in [0.1, 0.15) is 17.9 Å². The SMILES string of the molecule is COc1ccccc1OC1CCN(C)CC1c1ccccc1. The summed E-state index contributed by atoms with van der Waals surface area (Å²) in [6.45, 7) is 2.08. The van der Waals surface area contributed by atoms with Gasteiger partial charge in [0.2, 0.25) is 0 Å². The van der Waals surface area contributed by atoms with E-state index in [9.17, 15) is 0 Å². The third kappa shape index (κ3) is 3.25. The zero-order valence-corrected chi connectivity index (χ0v) is 13.2. The van der Waals surface area contributed by atoms with E-state index in [1.807, 2.05) is 24.3 Å². The van der Waals surface area contributed by atoms with Gasteiger partial charge in [-0.2, -0.15) is 0 Å². The molecule has 2 unspecified atom stereocenters. The Bertz CT molecular complexity index is 599. The third-order valence-electron chi connectivity index (χ3n) is 4.33. The van der Waals surface area contributed by atoms with Crippen LogP contribution < -0.4 is 9.47 Å². The van der Waals surface area contributed by atoms with Crippen LogP contribution in [0.15, 0.2) is 54.6 Å². The molecule has 0 amide bonds. The smallest absolute Gasteiger partial charge is 0.161 e. The van der Waals surface area contributed by atoms with Gasteiger partial charge in [-0.3, -0.25) is 0 Å². The molecule has 116 valence electrons. The summed E-state index contributed by atoms with van der Waals surface area (Å²) in [5, 5.41) is 0. The van der Waals surface area contributed by atoms with E-state index >= 15 is 0 Å². The number of piperidine rings is 1. The van der Waals surface area contributed by atoms with Crippen molar-refractivity contribution >= 4 is 0 Å². The normalized spacial score (nSPS) is 22.3. The Balaban J connectivity index is 1.84. The van der Waals surface area contributed by atoms with Gasteiger partial charge in [0.15, 0.2) is 11.5 Å². The largest absolute Gasteiger partial charge is 0.493 e.